The minimum absolute atomic E-state index is 0.348. The van der Waals surface area contributed by atoms with E-state index in [0.717, 1.165) is 26.8 Å². The minimum Gasteiger partial charge on any atom is -0.324 e. The van der Waals surface area contributed by atoms with Gasteiger partial charge in [-0.3, -0.25) is 14.5 Å². The highest BCUT2D eigenvalue weighted by atomic mass is 16.2. The van der Waals surface area contributed by atoms with E-state index in [1.54, 1.807) is 6.92 Å². The monoisotopic (exact) mass is 401 g/mol. The molecule has 1 fully saturated rings. The van der Waals surface area contributed by atoms with Gasteiger partial charge in [0.15, 0.2) is 0 Å². The first-order valence-corrected chi connectivity index (χ1v) is 9.79. The normalized spacial score (nSPS) is 18.6. The van der Waals surface area contributed by atoms with E-state index in [4.69, 9.17) is 0 Å². The molecule has 0 radical (unpaired) electrons. The van der Waals surface area contributed by atoms with Crippen LogP contribution < -0.4 is 10.6 Å². The van der Waals surface area contributed by atoms with Crippen molar-refractivity contribution in [2.24, 2.45) is 0 Å². The Morgan fingerprint density at radius 2 is 1.60 bits per heavy atom. The fourth-order valence-electron chi connectivity index (χ4n) is 4.02. The molecular weight excluding hydrogens is 378 g/mol. The highest BCUT2D eigenvalue weighted by molar-refractivity contribution is 6.11. The van der Waals surface area contributed by atoms with Gasteiger partial charge in [-0.05, 0) is 48.2 Å². The number of nitrogens with one attached hydrogen (secondary N) is 2. The molecule has 0 aromatic heterocycles. The number of anilines is 1. The molecule has 1 aliphatic rings. The molecule has 3 aromatic carbocycles. The molecule has 4 amide bonds. The van der Waals surface area contributed by atoms with Gasteiger partial charge in [0.1, 0.15) is 12.1 Å². The van der Waals surface area contributed by atoms with E-state index in [-0.39, 0.29) is 6.54 Å². The highest BCUT2D eigenvalue weighted by Crippen LogP contribution is 2.33. The topological polar surface area (TPSA) is 78.5 Å². The molecule has 2 N–H and O–H groups in total. The van der Waals surface area contributed by atoms with Crippen LogP contribution >= 0.6 is 0 Å². The van der Waals surface area contributed by atoms with Gasteiger partial charge in [0.2, 0.25) is 5.91 Å². The van der Waals surface area contributed by atoms with Crippen molar-refractivity contribution in [1.29, 1.82) is 0 Å². The second-order valence-corrected chi connectivity index (χ2v) is 7.79. The second kappa shape index (κ2) is 7.30. The van der Waals surface area contributed by atoms with E-state index in [2.05, 4.69) is 10.6 Å². The summed E-state index contributed by atoms with van der Waals surface area (Å²) >= 11 is 0. The van der Waals surface area contributed by atoms with Crippen molar-refractivity contribution in [3.8, 4) is 0 Å². The number of nitrogens with zero attached hydrogens (tertiary/aromatic N) is 1. The molecule has 1 aliphatic heterocycles. The summed E-state index contributed by atoms with van der Waals surface area (Å²) in [4.78, 5) is 39.5. The van der Waals surface area contributed by atoms with E-state index in [0.29, 0.717) is 11.3 Å². The zero-order valence-electron chi connectivity index (χ0n) is 17.2. The number of hydrogen-bond donors (Lipinski definition) is 2. The molecule has 0 saturated carbocycles. The smallest absolute Gasteiger partial charge is 0.324 e. The summed E-state index contributed by atoms with van der Waals surface area (Å²) in [6.07, 6.45) is 0. The van der Waals surface area contributed by atoms with Crippen molar-refractivity contribution in [3.05, 3.63) is 77.4 Å². The van der Waals surface area contributed by atoms with Crippen LogP contribution in [-0.2, 0) is 15.1 Å². The quantitative estimate of drug-likeness (QED) is 0.652. The Kier molecular flexibility index (Phi) is 4.78. The maximum absolute atomic E-state index is 13.3. The van der Waals surface area contributed by atoms with Crippen LogP contribution in [0.2, 0.25) is 0 Å². The fourth-order valence-corrected chi connectivity index (χ4v) is 4.02. The van der Waals surface area contributed by atoms with Gasteiger partial charge in [-0.15, -0.1) is 0 Å². The van der Waals surface area contributed by atoms with Crippen LogP contribution in [0.5, 0.6) is 0 Å². The van der Waals surface area contributed by atoms with E-state index < -0.39 is 23.4 Å². The van der Waals surface area contributed by atoms with E-state index >= 15 is 0 Å². The molecule has 1 saturated heterocycles. The van der Waals surface area contributed by atoms with Crippen molar-refractivity contribution in [1.82, 2.24) is 10.2 Å². The Balaban J connectivity index is 1.60. The van der Waals surface area contributed by atoms with Gasteiger partial charge >= 0.3 is 6.03 Å². The van der Waals surface area contributed by atoms with Gasteiger partial charge in [0, 0.05) is 5.69 Å². The maximum Gasteiger partial charge on any atom is 0.325 e. The lowest BCUT2D eigenvalue weighted by molar-refractivity contribution is -0.133. The molecule has 4 rings (SSSR count). The molecule has 152 valence electrons. The van der Waals surface area contributed by atoms with Crippen molar-refractivity contribution >= 4 is 34.3 Å². The van der Waals surface area contributed by atoms with Gasteiger partial charge in [-0.25, -0.2) is 4.79 Å². The molecule has 0 unspecified atom stereocenters. The largest absolute Gasteiger partial charge is 0.325 e. The number of fused-ring (bicyclic) bond motifs is 1. The zero-order valence-corrected chi connectivity index (χ0v) is 17.2. The number of hydrogen-bond acceptors (Lipinski definition) is 3. The lowest BCUT2D eigenvalue weighted by Gasteiger charge is -2.24. The number of amides is 4. The van der Waals surface area contributed by atoms with Crippen LogP contribution in [0.25, 0.3) is 10.8 Å². The van der Waals surface area contributed by atoms with Gasteiger partial charge in [0.25, 0.3) is 5.91 Å². The molecule has 1 heterocycles. The molecule has 1 atom stereocenters. The zero-order chi connectivity index (χ0) is 21.5. The second-order valence-electron chi connectivity index (χ2n) is 7.79. The van der Waals surface area contributed by atoms with Crippen LogP contribution in [0.1, 0.15) is 23.6 Å². The van der Waals surface area contributed by atoms with E-state index in [1.165, 1.54) is 0 Å². The third-order valence-electron chi connectivity index (χ3n) is 5.65. The van der Waals surface area contributed by atoms with Gasteiger partial charge in [-0.2, -0.15) is 0 Å². The number of carbonyl (C=O) groups excluding carboxylic acids is 3. The Hall–Kier alpha value is -3.67. The lowest BCUT2D eigenvalue weighted by atomic mass is 9.88. The van der Waals surface area contributed by atoms with Crippen molar-refractivity contribution in [3.63, 3.8) is 0 Å². The third-order valence-corrected chi connectivity index (χ3v) is 5.65. The number of rotatable bonds is 4. The molecule has 0 aliphatic carbocycles. The fraction of sp³-hybridized carbons (Fsp3) is 0.208. The van der Waals surface area contributed by atoms with E-state index in [1.807, 2.05) is 74.5 Å². The molecule has 3 aromatic rings. The molecule has 30 heavy (non-hydrogen) atoms. The highest BCUT2D eigenvalue weighted by Gasteiger charge is 2.50. The first-order chi connectivity index (χ1) is 14.3. The van der Waals surface area contributed by atoms with Crippen LogP contribution in [-0.4, -0.2) is 29.3 Å². The minimum atomic E-state index is -1.24. The third kappa shape index (κ3) is 3.20. The summed E-state index contributed by atoms with van der Waals surface area (Å²) in [5.74, 6) is -0.862. The number of benzene rings is 3. The standard InChI is InChI=1S/C24H23N3O3/c1-15-8-6-9-16(2)21(15)25-20(28)14-27-22(29)24(3,26-23(27)30)19-13-7-11-17-10-4-5-12-18(17)19/h4-13H,14H2,1-3H3,(H,25,28)(H,26,30)/t24-/m0/s1. The molecule has 0 bridgehead atoms. The summed E-state index contributed by atoms with van der Waals surface area (Å²) in [6.45, 7) is 5.12. The number of aryl methyl sites for hydroxylation is 2. The Bertz CT molecular complexity index is 1160. The Labute approximate surface area is 174 Å². The molecule has 6 nitrogen and oxygen atoms in total. The summed E-state index contributed by atoms with van der Waals surface area (Å²) in [5.41, 5.74) is 2.00. The molecule has 0 spiro atoms. The van der Waals surface area contributed by atoms with Crippen LogP contribution in [0.4, 0.5) is 10.5 Å². The molecular formula is C24H23N3O3. The molecule has 6 heteroatoms. The first kappa shape index (κ1) is 19.6. The van der Waals surface area contributed by atoms with Gasteiger partial charge in [-0.1, -0.05) is 60.7 Å². The Morgan fingerprint density at radius 3 is 2.33 bits per heavy atom. The predicted octanol–water partition coefficient (Wildman–Crippen LogP) is 3.86. The summed E-state index contributed by atoms with van der Waals surface area (Å²) < 4.78 is 0. The average Bonchev–Trinajstić information content (AvgIpc) is 2.94. The summed E-state index contributed by atoms with van der Waals surface area (Å²) in [5, 5.41) is 7.48. The van der Waals surface area contributed by atoms with E-state index in [9.17, 15) is 14.4 Å². The summed E-state index contributed by atoms with van der Waals surface area (Å²) in [7, 11) is 0. The first-order valence-electron chi connectivity index (χ1n) is 9.79. The number of para-hydroxylation sites is 1. The van der Waals surface area contributed by atoms with Crippen molar-refractivity contribution < 1.29 is 14.4 Å². The summed E-state index contributed by atoms with van der Waals surface area (Å²) in [6, 6.07) is 18.5. The van der Waals surface area contributed by atoms with Gasteiger partial charge < -0.3 is 10.6 Å². The Morgan fingerprint density at radius 1 is 0.967 bits per heavy atom. The maximum atomic E-state index is 13.3. The number of carbonyl (C=O) groups is 3. The SMILES string of the molecule is Cc1cccc(C)c1NC(=O)CN1C(=O)N[C@@](C)(c2cccc3ccccc23)C1=O. The van der Waals surface area contributed by atoms with Gasteiger partial charge in [0.05, 0.1) is 0 Å². The predicted molar refractivity (Wildman–Crippen MR) is 116 cm³/mol. The van der Waals surface area contributed by atoms with Crippen LogP contribution in [0, 0.1) is 13.8 Å². The van der Waals surface area contributed by atoms with Crippen LogP contribution in [0.3, 0.4) is 0 Å². The van der Waals surface area contributed by atoms with Crippen molar-refractivity contribution in [2.45, 2.75) is 26.3 Å². The average molecular weight is 401 g/mol. The lowest BCUT2D eigenvalue weighted by Crippen LogP contribution is -2.42. The number of imide groups is 1. The van der Waals surface area contributed by atoms with Crippen LogP contribution in [0.15, 0.2) is 60.7 Å². The van der Waals surface area contributed by atoms with Crippen molar-refractivity contribution in [2.75, 3.05) is 11.9 Å². The number of urea groups is 1.